The van der Waals surface area contributed by atoms with Crippen molar-refractivity contribution in [3.05, 3.63) is 76.4 Å². The molecule has 1 atom stereocenters. The minimum Gasteiger partial charge on any atom is -0.350 e. The Bertz CT molecular complexity index is 1090. The number of likely N-dealkylation sites (tertiary alicyclic amines) is 1. The maximum Gasteiger partial charge on any atom is 0.128 e. The quantitative estimate of drug-likeness (QED) is 0.175. The number of piperidine rings is 1. The number of halogens is 1. The molecule has 2 heterocycles. The monoisotopic (exact) mass is 480 g/mol. The van der Waals surface area contributed by atoms with Crippen molar-refractivity contribution in [2.45, 2.75) is 32.1 Å². The summed E-state index contributed by atoms with van der Waals surface area (Å²) in [6.45, 7) is 5.50. The first-order chi connectivity index (χ1) is 16.0. The van der Waals surface area contributed by atoms with E-state index in [1.807, 2.05) is 61.0 Å². The molecule has 1 aliphatic heterocycles. The summed E-state index contributed by atoms with van der Waals surface area (Å²) in [4.78, 5) is 9.20. The van der Waals surface area contributed by atoms with Gasteiger partial charge in [0.2, 0.25) is 0 Å². The summed E-state index contributed by atoms with van der Waals surface area (Å²) in [6.07, 6.45) is 3.71. The lowest BCUT2D eigenvalue weighted by Gasteiger charge is -2.33. The van der Waals surface area contributed by atoms with E-state index in [0.717, 1.165) is 51.9 Å². The fraction of sp³-hybridized carbons (Fsp3) is 0.407. The van der Waals surface area contributed by atoms with E-state index in [0.29, 0.717) is 11.8 Å². The van der Waals surface area contributed by atoms with Gasteiger partial charge in [0, 0.05) is 35.3 Å². The molecule has 0 unspecified atom stereocenters. The largest absolute Gasteiger partial charge is 0.350 e. The fourth-order valence-corrected chi connectivity index (χ4v) is 5.51. The molecular formula is C27H33ClN4S. The molecule has 1 fully saturated rings. The number of fused-ring (bicyclic) bond motifs is 1. The van der Waals surface area contributed by atoms with Crippen molar-refractivity contribution in [2.75, 3.05) is 38.3 Å². The molecule has 1 saturated heterocycles. The molecule has 2 aromatic carbocycles. The van der Waals surface area contributed by atoms with Crippen molar-refractivity contribution in [3.63, 3.8) is 0 Å². The van der Waals surface area contributed by atoms with E-state index in [2.05, 4.69) is 34.1 Å². The van der Waals surface area contributed by atoms with Crippen LogP contribution in [0.5, 0.6) is 0 Å². The van der Waals surface area contributed by atoms with Crippen molar-refractivity contribution >= 4 is 40.1 Å². The molecular weight excluding hydrogens is 448 g/mol. The van der Waals surface area contributed by atoms with Crippen molar-refractivity contribution < 1.29 is 0 Å². The van der Waals surface area contributed by atoms with E-state index in [1.54, 1.807) is 0 Å². The number of aryl methyl sites for hydroxylation is 1. The molecule has 4 rings (SSSR count). The van der Waals surface area contributed by atoms with E-state index < -0.39 is 0 Å². The highest BCUT2D eigenvalue weighted by atomic mass is 35.5. The minimum atomic E-state index is 0.562. The second-order valence-corrected chi connectivity index (χ2v) is 10.5. The van der Waals surface area contributed by atoms with Gasteiger partial charge in [0.05, 0.1) is 11.4 Å². The van der Waals surface area contributed by atoms with Crippen molar-refractivity contribution in [1.82, 2.24) is 14.8 Å². The van der Waals surface area contributed by atoms with Gasteiger partial charge < -0.3 is 9.80 Å². The van der Waals surface area contributed by atoms with Gasteiger partial charge in [-0.25, -0.2) is 0 Å². The normalized spacial score (nSPS) is 16.8. The van der Waals surface area contributed by atoms with Gasteiger partial charge in [0.1, 0.15) is 5.84 Å². The summed E-state index contributed by atoms with van der Waals surface area (Å²) >= 11 is 7.96. The van der Waals surface area contributed by atoms with Crippen LogP contribution in [0.15, 0.2) is 54.6 Å². The third-order valence-corrected chi connectivity index (χ3v) is 7.78. The first kappa shape index (κ1) is 24.1. The number of pyridine rings is 1. The third-order valence-electron chi connectivity index (χ3n) is 6.38. The average molecular weight is 481 g/mol. The van der Waals surface area contributed by atoms with Crippen LogP contribution in [0.3, 0.4) is 0 Å². The fourth-order valence-electron chi connectivity index (χ4n) is 4.52. The summed E-state index contributed by atoms with van der Waals surface area (Å²) in [5.74, 6) is 3.13. The van der Waals surface area contributed by atoms with Crippen LogP contribution >= 0.6 is 23.4 Å². The van der Waals surface area contributed by atoms with Gasteiger partial charge in [0.25, 0.3) is 0 Å². The number of amidine groups is 1. The Kier molecular flexibility index (Phi) is 8.29. The molecule has 1 aliphatic rings. The van der Waals surface area contributed by atoms with Gasteiger partial charge in [-0.3, -0.25) is 10.4 Å². The summed E-state index contributed by atoms with van der Waals surface area (Å²) in [5.41, 5.74) is 4.36. The van der Waals surface area contributed by atoms with Crippen LogP contribution in [-0.4, -0.2) is 58.9 Å². The Hall–Kier alpha value is -2.08. The van der Waals surface area contributed by atoms with Crippen LogP contribution in [-0.2, 0) is 0 Å². The standard InChI is InChI=1S/C27H33ClN4S/c1-20-6-7-22-17-23(10-13-26(22)30-20)27(29)31(2)19-33-16-4-15-32-14-3-5-24(18-32)21-8-11-25(28)12-9-21/h6-13,17,24,29H,3-5,14-16,18-19H2,1-2H3/t24-/m0/s1. The Balaban J connectivity index is 1.19. The Morgan fingerprint density at radius 2 is 2.00 bits per heavy atom. The minimum absolute atomic E-state index is 0.562. The summed E-state index contributed by atoms with van der Waals surface area (Å²) in [7, 11) is 2.01. The summed E-state index contributed by atoms with van der Waals surface area (Å²) < 4.78 is 0. The number of hydrogen-bond donors (Lipinski definition) is 1. The summed E-state index contributed by atoms with van der Waals surface area (Å²) in [6, 6.07) is 18.6. The average Bonchev–Trinajstić information content (AvgIpc) is 2.83. The first-order valence-electron chi connectivity index (χ1n) is 11.7. The van der Waals surface area contributed by atoms with E-state index in [4.69, 9.17) is 17.0 Å². The lowest BCUT2D eigenvalue weighted by molar-refractivity contribution is 0.209. The number of hydrogen-bond acceptors (Lipinski definition) is 4. The predicted octanol–water partition coefficient (Wildman–Crippen LogP) is 6.41. The van der Waals surface area contributed by atoms with E-state index in [9.17, 15) is 0 Å². The number of benzene rings is 2. The first-order valence-corrected chi connectivity index (χ1v) is 13.3. The molecule has 0 amide bonds. The van der Waals surface area contributed by atoms with Gasteiger partial charge in [0.15, 0.2) is 0 Å². The van der Waals surface area contributed by atoms with Crippen molar-refractivity contribution in [2.24, 2.45) is 0 Å². The topological polar surface area (TPSA) is 43.2 Å². The molecule has 6 heteroatoms. The van der Waals surface area contributed by atoms with Crippen LogP contribution in [0.4, 0.5) is 0 Å². The molecule has 0 radical (unpaired) electrons. The van der Waals surface area contributed by atoms with Crippen molar-refractivity contribution in [1.29, 1.82) is 5.41 Å². The smallest absolute Gasteiger partial charge is 0.128 e. The van der Waals surface area contributed by atoms with Gasteiger partial charge in [-0.2, -0.15) is 0 Å². The molecule has 0 saturated carbocycles. The Morgan fingerprint density at radius 1 is 1.18 bits per heavy atom. The number of nitrogens with zero attached hydrogens (tertiary/aromatic N) is 3. The third kappa shape index (κ3) is 6.50. The van der Waals surface area contributed by atoms with Crippen LogP contribution in [0, 0.1) is 12.3 Å². The SMILES string of the molecule is Cc1ccc2cc(C(=N)N(C)CSCCCN3CCC[C@H](c4ccc(Cl)cc4)C3)ccc2n1. The zero-order chi connectivity index (χ0) is 23.2. The van der Waals surface area contributed by atoms with Crippen LogP contribution in [0.25, 0.3) is 10.9 Å². The zero-order valence-electron chi connectivity index (χ0n) is 19.6. The summed E-state index contributed by atoms with van der Waals surface area (Å²) in [5, 5.41) is 10.5. The van der Waals surface area contributed by atoms with Crippen LogP contribution in [0.1, 0.15) is 42.0 Å². The number of aromatic nitrogens is 1. The van der Waals surface area contributed by atoms with Gasteiger partial charge in [-0.1, -0.05) is 29.8 Å². The molecule has 4 nitrogen and oxygen atoms in total. The van der Waals surface area contributed by atoms with E-state index >= 15 is 0 Å². The lowest BCUT2D eigenvalue weighted by atomic mass is 9.90. The van der Waals surface area contributed by atoms with Gasteiger partial charge in [-0.15, -0.1) is 11.8 Å². The van der Waals surface area contributed by atoms with Crippen LogP contribution < -0.4 is 0 Å². The number of thioether (sulfide) groups is 1. The molecule has 174 valence electrons. The van der Waals surface area contributed by atoms with Crippen molar-refractivity contribution in [3.8, 4) is 0 Å². The second-order valence-electron chi connectivity index (χ2n) is 8.99. The molecule has 1 aromatic heterocycles. The predicted molar refractivity (Wildman–Crippen MR) is 143 cm³/mol. The molecule has 0 spiro atoms. The lowest BCUT2D eigenvalue weighted by Crippen LogP contribution is -2.35. The van der Waals surface area contributed by atoms with Gasteiger partial charge in [-0.05, 0) is 92.9 Å². The second kappa shape index (κ2) is 11.4. The molecule has 0 bridgehead atoms. The highest BCUT2D eigenvalue weighted by molar-refractivity contribution is 7.99. The molecule has 0 aliphatic carbocycles. The maximum absolute atomic E-state index is 8.59. The number of nitrogens with one attached hydrogen (secondary N) is 1. The highest BCUT2D eigenvalue weighted by Crippen LogP contribution is 2.28. The molecule has 3 aromatic rings. The Morgan fingerprint density at radius 3 is 2.82 bits per heavy atom. The zero-order valence-corrected chi connectivity index (χ0v) is 21.1. The van der Waals surface area contributed by atoms with Crippen LogP contribution in [0.2, 0.25) is 5.02 Å². The van der Waals surface area contributed by atoms with E-state index in [1.165, 1.54) is 31.4 Å². The van der Waals surface area contributed by atoms with Gasteiger partial charge >= 0.3 is 0 Å². The van der Waals surface area contributed by atoms with E-state index in [-0.39, 0.29) is 0 Å². The molecule has 1 N–H and O–H groups in total. The maximum atomic E-state index is 8.59. The molecule has 33 heavy (non-hydrogen) atoms. The highest BCUT2D eigenvalue weighted by Gasteiger charge is 2.21. The number of rotatable bonds is 8. The Labute approximate surface area is 206 Å².